The molecule has 1 aliphatic heterocycles. The van der Waals surface area contributed by atoms with Crippen molar-refractivity contribution in [3.63, 3.8) is 0 Å². The van der Waals surface area contributed by atoms with E-state index in [1.54, 1.807) is 0 Å². The van der Waals surface area contributed by atoms with Gasteiger partial charge < -0.3 is 15.0 Å². The molecule has 0 aromatic heterocycles. The molecule has 1 N–H and O–H groups in total. The number of hydrogen-bond acceptors (Lipinski definition) is 4. The van der Waals surface area contributed by atoms with Crippen LogP contribution >= 0.6 is 15.9 Å². The molecule has 1 fully saturated rings. The maximum Gasteiger partial charge on any atom is 0.310 e. The van der Waals surface area contributed by atoms with Crippen LogP contribution in [0.3, 0.4) is 0 Å². The minimum Gasteiger partial charge on any atom is -0.466 e. The summed E-state index contributed by atoms with van der Waals surface area (Å²) in [6, 6.07) is 7.54. The van der Waals surface area contributed by atoms with Crippen LogP contribution in [-0.4, -0.2) is 43.0 Å². The van der Waals surface area contributed by atoms with E-state index in [9.17, 15) is 9.59 Å². The zero-order valence-electron chi connectivity index (χ0n) is 13.4. The van der Waals surface area contributed by atoms with E-state index >= 15 is 0 Å². The van der Waals surface area contributed by atoms with Gasteiger partial charge in [0.2, 0.25) is 5.91 Å². The molecular weight excluding hydrogens is 360 g/mol. The number of hydrogen-bond donors (Lipinski definition) is 1. The lowest BCUT2D eigenvalue weighted by Crippen LogP contribution is -2.40. The molecule has 5 nitrogen and oxygen atoms in total. The Morgan fingerprint density at radius 2 is 2.17 bits per heavy atom. The van der Waals surface area contributed by atoms with Gasteiger partial charge in [-0.05, 0) is 54.4 Å². The van der Waals surface area contributed by atoms with Crippen LogP contribution in [0.15, 0.2) is 28.7 Å². The quantitative estimate of drug-likeness (QED) is 0.768. The normalized spacial score (nSPS) is 18.4. The summed E-state index contributed by atoms with van der Waals surface area (Å²) < 4.78 is 5.97. The molecule has 1 unspecified atom stereocenters. The SMILES string of the molecule is CCOC(=O)C1CCCN(CCC(=O)Nc2ccccc2Br)C1. The van der Waals surface area contributed by atoms with Crippen molar-refractivity contribution >= 4 is 33.5 Å². The third kappa shape index (κ3) is 5.62. The minimum atomic E-state index is -0.116. The first-order valence-corrected chi connectivity index (χ1v) is 8.82. The molecule has 1 aromatic carbocycles. The molecule has 6 heteroatoms. The van der Waals surface area contributed by atoms with Gasteiger partial charge in [0.15, 0.2) is 0 Å². The Balaban J connectivity index is 1.77. The molecule has 2 rings (SSSR count). The third-order valence-electron chi connectivity index (χ3n) is 3.93. The lowest BCUT2D eigenvalue weighted by molar-refractivity contribution is -0.149. The average molecular weight is 383 g/mol. The predicted molar refractivity (Wildman–Crippen MR) is 93.2 cm³/mol. The topological polar surface area (TPSA) is 58.6 Å². The van der Waals surface area contributed by atoms with E-state index in [4.69, 9.17) is 4.74 Å². The van der Waals surface area contributed by atoms with Gasteiger partial charge in [0, 0.05) is 24.0 Å². The minimum absolute atomic E-state index is 0.0184. The fraction of sp³-hybridized carbons (Fsp3) is 0.529. The number of carbonyl (C=O) groups excluding carboxylic acids is 2. The number of piperidine rings is 1. The van der Waals surface area contributed by atoms with Crippen molar-refractivity contribution in [1.29, 1.82) is 0 Å². The van der Waals surface area contributed by atoms with Crippen LogP contribution in [0, 0.1) is 5.92 Å². The number of carbonyl (C=O) groups is 2. The summed E-state index contributed by atoms with van der Waals surface area (Å²) in [5.74, 6) is -0.194. The van der Waals surface area contributed by atoms with E-state index in [1.165, 1.54) is 0 Å². The number of para-hydroxylation sites is 1. The number of anilines is 1. The number of nitrogens with one attached hydrogen (secondary N) is 1. The van der Waals surface area contributed by atoms with Crippen molar-refractivity contribution < 1.29 is 14.3 Å². The van der Waals surface area contributed by atoms with Crippen molar-refractivity contribution in [2.24, 2.45) is 5.92 Å². The molecular formula is C17H23BrN2O3. The molecule has 0 saturated carbocycles. The molecule has 1 aliphatic rings. The lowest BCUT2D eigenvalue weighted by atomic mass is 9.98. The molecule has 0 bridgehead atoms. The zero-order valence-corrected chi connectivity index (χ0v) is 15.0. The number of esters is 1. The molecule has 1 heterocycles. The Morgan fingerprint density at radius 1 is 1.39 bits per heavy atom. The van der Waals surface area contributed by atoms with Gasteiger partial charge in [-0.2, -0.15) is 0 Å². The van der Waals surface area contributed by atoms with E-state index in [-0.39, 0.29) is 17.8 Å². The summed E-state index contributed by atoms with van der Waals surface area (Å²) in [7, 11) is 0. The Kier molecular flexibility index (Phi) is 7.05. The van der Waals surface area contributed by atoms with Gasteiger partial charge in [-0.3, -0.25) is 9.59 Å². The number of rotatable bonds is 6. The van der Waals surface area contributed by atoms with Gasteiger partial charge in [-0.15, -0.1) is 0 Å². The Morgan fingerprint density at radius 3 is 2.91 bits per heavy atom. The number of halogens is 1. The van der Waals surface area contributed by atoms with Crippen molar-refractivity contribution in [1.82, 2.24) is 4.90 Å². The van der Waals surface area contributed by atoms with Crippen LogP contribution in [0.25, 0.3) is 0 Å². The second-order valence-corrected chi connectivity index (χ2v) is 6.52. The Labute approximate surface area is 145 Å². The number of nitrogens with zero attached hydrogens (tertiary/aromatic N) is 1. The maximum atomic E-state index is 12.1. The summed E-state index contributed by atoms with van der Waals surface area (Å²) in [5.41, 5.74) is 0.778. The molecule has 1 saturated heterocycles. The van der Waals surface area contributed by atoms with Crippen LogP contribution in [0.5, 0.6) is 0 Å². The van der Waals surface area contributed by atoms with Gasteiger partial charge in [-0.25, -0.2) is 0 Å². The highest BCUT2D eigenvalue weighted by atomic mass is 79.9. The summed E-state index contributed by atoms with van der Waals surface area (Å²) in [6.07, 6.45) is 2.25. The molecule has 1 amide bonds. The molecule has 1 aromatic rings. The van der Waals surface area contributed by atoms with E-state index in [1.807, 2.05) is 31.2 Å². The first-order chi connectivity index (χ1) is 11.1. The highest BCUT2D eigenvalue weighted by Gasteiger charge is 2.26. The van der Waals surface area contributed by atoms with Crippen LogP contribution in [0.2, 0.25) is 0 Å². The van der Waals surface area contributed by atoms with Crippen LogP contribution in [0.4, 0.5) is 5.69 Å². The van der Waals surface area contributed by atoms with Crippen LogP contribution < -0.4 is 5.32 Å². The maximum absolute atomic E-state index is 12.1. The Hall–Kier alpha value is -1.40. The molecule has 0 spiro atoms. The number of ether oxygens (including phenoxy) is 1. The second kappa shape index (κ2) is 9.03. The van der Waals surface area contributed by atoms with Crippen LogP contribution in [0.1, 0.15) is 26.2 Å². The number of benzene rings is 1. The summed E-state index contributed by atoms with van der Waals surface area (Å²) in [4.78, 5) is 26.1. The van der Waals surface area contributed by atoms with E-state index in [2.05, 4.69) is 26.1 Å². The van der Waals surface area contributed by atoms with Crippen molar-refractivity contribution in [2.75, 3.05) is 31.6 Å². The van der Waals surface area contributed by atoms with E-state index in [0.717, 1.165) is 29.5 Å². The molecule has 0 radical (unpaired) electrons. The summed E-state index contributed by atoms with van der Waals surface area (Å²) in [5, 5.41) is 2.90. The fourth-order valence-corrected chi connectivity index (χ4v) is 3.13. The predicted octanol–water partition coefficient (Wildman–Crippen LogP) is 3.05. The Bertz CT molecular complexity index is 550. The summed E-state index contributed by atoms with van der Waals surface area (Å²) in [6.45, 7) is 4.51. The largest absolute Gasteiger partial charge is 0.466 e. The standard InChI is InChI=1S/C17H23BrN2O3/c1-2-23-17(22)13-6-5-10-20(12-13)11-9-16(21)19-15-8-4-3-7-14(15)18/h3-4,7-8,13H,2,5-6,9-12H2,1H3,(H,19,21). The van der Waals surface area contributed by atoms with Crippen molar-refractivity contribution in [3.8, 4) is 0 Å². The highest BCUT2D eigenvalue weighted by Crippen LogP contribution is 2.22. The molecule has 1 atom stereocenters. The monoisotopic (exact) mass is 382 g/mol. The second-order valence-electron chi connectivity index (χ2n) is 5.67. The molecule has 126 valence electrons. The van der Waals surface area contributed by atoms with Crippen molar-refractivity contribution in [2.45, 2.75) is 26.2 Å². The van der Waals surface area contributed by atoms with Crippen LogP contribution in [-0.2, 0) is 14.3 Å². The first-order valence-electron chi connectivity index (χ1n) is 8.03. The summed E-state index contributed by atoms with van der Waals surface area (Å²) >= 11 is 3.41. The van der Waals surface area contributed by atoms with Gasteiger partial charge in [0.05, 0.1) is 18.2 Å². The third-order valence-corrected chi connectivity index (χ3v) is 4.62. The average Bonchev–Trinajstić information content (AvgIpc) is 2.56. The zero-order chi connectivity index (χ0) is 16.7. The number of likely N-dealkylation sites (tertiary alicyclic amines) is 1. The first kappa shape index (κ1) is 17.9. The van der Waals surface area contributed by atoms with Gasteiger partial charge in [0.1, 0.15) is 0 Å². The smallest absolute Gasteiger partial charge is 0.310 e. The fourth-order valence-electron chi connectivity index (χ4n) is 2.75. The van der Waals surface area contributed by atoms with Gasteiger partial charge in [0.25, 0.3) is 0 Å². The molecule has 23 heavy (non-hydrogen) atoms. The van der Waals surface area contributed by atoms with Gasteiger partial charge >= 0.3 is 5.97 Å². The molecule has 0 aliphatic carbocycles. The number of amides is 1. The van der Waals surface area contributed by atoms with Crippen molar-refractivity contribution in [3.05, 3.63) is 28.7 Å². The highest BCUT2D eigenvalue weighted by molar-refractivity contribution is 9.10. The van der Waals surface area contributed by atoms with E-state index in [0.29, 0.717) is 26.1 Å². The van der Waals surface area contributed by atoms with Gasteiger partial charge in [-0.1, -0.05) is 12.1 Å². The lowest BCUT2D eigenvalue weighted by Gasteiger charge is -2.31. The van der Waals surface area contributed by atoms with E-state index < -0.39 is 0 Å².